The summed E-state index contributed by atoms with van der Waals surface area (Å²) < 4.78 is 6.39. The fourth-order valence-corrected chi connectivity index (χ4v) is 0. The van der Waals surface area contributed by atoms with Crippen LogP contribution in [-0.4, -0.2) is 0 Å². The molecule has 0 N–H and O–H groups in total. The second-order valence-corrected chi connectivity index (χ2v) is 0.354. The minimum Gasteiger partial charge on any atom is -0.103 e. The van der Waals surface area contributed by atoms with E-state index in [1.165, 1.54) is 0 Å². The molecule has 0 rings (SSSR count). The van der Waals surface area contributed by atoms with E-state index in [4.69, 9.17) is 1.37 Å². The Morgan fingerprint density at radius 2 is 2.25 bits per heavy atom. The molecule has 0 atom stereocenters. The van der Waals surface area contributed by atoms with Crippen LogP contribution in [0.15, 0.2) is 12.6 Å². The summed E-state index contributed by atoms with van der Waals surface area (Å²) in [6.45, 7) is 4.86. The van der Waals surface area contributed by atoms with Crippen molar-refractivity contribution in [1.29, 1.82) is 0 Å². The molecule has 0 aromatic heterocycles. The summed E-state index contributed by atoms with van der Waals surface area (Å²) in [5.74, 6) is 0. The Labute approximate surface area is 29.6 Å². The van der Waals surface area contributed by atoms with Gasteiger partial charge in [-0.1, -0.05) is 13.5 Å². The maximum atomic E-state index is 6.39. The fourth-order valence-electron chi connectivity index (χ4n) is 0. The zero-order chi connectivity index (χ0) is 3.58. The van der Waals surface area contributed by atoms with Crippen molar-refractivity contribution >= 4 is 0 Å². The lowest BCUT2D eigenvalue weighted by Crippen LogP contribution is -1.07. The first kappa shape index (κ1) is 3.74. The van der Waals surface area contributed by atoms with Gasteiger partial charge in [-0.15, -0.1) is 6.58 Å². The topological polar surface area (TPSA) is 0 Å². The van der Waals surface area contributed by atoms with Crippen LogP contribution in [0.3, 0.4) is 0 Å². The molecule has 0 spiro atoms. The zero-order valence-electron chi connectivity index (χ0n) is 3.21. The summed E-state index contributed by atoms with van der Waals surface area (Å²) >= 11 is 0. The fraction of sp³-hybridized carbons (Fsp3) is 0.500. The average Bonchev–Trinajstić information content (AvgIpc) is 0.811. The summed E-state index contributed by atoms with van der Waals surface area (Å²) in [6.07, 6.45) is 0. The normalized spacial score (nSPS) is 6.75. The van der Waals surface area contributed by atoms with Crippen LogP contribution in [0.25, 0.3) is 0 Å². The summed E-state index contributed by atoms with van der Waals surface area (Å²) in [5.41, 5.74) is 0. The summed E-state index contributed by atoms with van der Waals surface area (Å²) in [7, 11) is 0. The lowest BCUT2D eigenvalue weighted by Gasteiger charge is -1.31. The molecule has 0 unspecified atom stereocenters. The maximum absolute atomic E-state index is 6.39. The molecule has 0 nitrogen and oxygen atoms in total. The highest BCUT2D eigenvalue weighted by Gasteiger charge is 1.15. The van der Waals surface area contributed by atoms with Crippen molar-refractivity contribution in [3.8, 4) is 0 Å². The molecular weight excluding hydrogens is 48.0 g/mol. The van der Waals surface area contributed by atoms with Gasteiger partial charge in [0.25, 0.3) is 0 Å². The lowest BCUT2D eigenvalue weighted by molar-refractivity contribution is 1.80. The van der Waals surface area contributed by atoms with Crippen molar-refractivity contribution in [2.45, 2.75) is 14.4 Å². The molecule has 0 bridgehead atoms. The van der Waals surface area contributed by atoms with Crippen LogP contribution in [0, 0.1) is 0 Å². The van der Waals surface area contributed by atoms with Crippen LogP contribution < -0.4 is 0 Å². The highest BCUT2D eigenvalue weighted by molar-refractivity contribution is 4.51. The van der Waals surface area contributed by atoms with E-state index in [1.807, 2.05) is 0 Å². The summed E-state index contributed by atoms with van der Waals surface area (Å²) in [6, 6.07) is 0.417. The van der Waals surface area contributed by atoms with Crippen molar-refractivity contribution < 1.29 is 1.37 Å². The molecule has 4 heavy (non-hydrogen) atoms. The van der Waals surface area contributed by atoms with Gasteiger partial charge in [-0.2, -0.15) is 0 Å². The minimum absolute atomic E-state index is 0. The van der Waals surface area contributed by atoms with Crippen LogP contribution in [0.4, 0.5) is 0 Å². The van der Waals surface area contributed by atoms with Gasteiger partial charge in [0.15, 0.2) is 0 Å². The molecule has 0 radical (unpaired) electrons. The maximum Gasteiger partial charge on any atom is 0.0567 e. The number of rotatable bonds is 0. The molecule has 0 amide bonds. The highest BCUT2D eigenvalue weighted by atomic mass is 13.2. The van der Waals surface area contributed by atoms with Gasteiger partial charge >= 0.3 is 0 Å². The van der Waals surface area contributed by atoms with Gasteiger partial charge in [0.05, 0.1) is 1.37 Å². The lowest BCUT2D eigenvalue weighted by atomic mass is 10.8. The second kappa shape index (κ2) is 15.1. The van der Waals surface area contributed by atoms with Crippen LogP contribution in [-0.2, 0) is 0 Å². The third-order valence-electron chi connectivity index (χ3n) is 0. The molecule has 0 aromatic rings. The van der Waals surface area contributed by atoms with E-state index in [2.05, 4.69) is 6.58 Å². The molecule has 0 fully saturated rings. The summed E-state index contributed by atoms with van der Waals surface area (Å²) in [5, 5.41) is 0. The monoisotopic (exact) mass is 59.1 g/mol. The minimum atomic E-state index is 0. The molecule has 0 saturated heterocycles. The first-order valence-electron chi connectivity index (χ1n) is 1.35. The van der Waals surface area contributed by atoms with Gasteiger partial charge < -0.3 is 0 Å². The molecule has 0 heterocycles. The molecule has 0 aliphatic rings. The van der Waals surface area contributed by atoms with Gasteiger partial charge in [0, 0.05) is 0 Å². The Bertz CT molecular complexity index is 26.6. The zero-order valence-corrected chi connectivity index (χ0v) is 2.21. The molecule has 0 aromatic carbocycles. The molecule has 0 saturated carbocycles. The number of allylic oxidation sites excluding steroid dienone is 1. The second-order valence-electron chi connectivity index (χ2n) is 0.354. The Balaban J connectivity index is 0. The van der Waals surface area contributed by atoms with E-state index in [0.29, 0.717) is 6.05 Å². The van der Waals surface area contributed by atoms with E-state index in [-0.39, 0.29) is 7.43 Å². The largest absolute Gasteiger partial charge is 0.103 e. The van der Waals surface area contributed by atoms with Gasteiger partial charge in [0.2, 0.25) is 0 Å². The smallest absolute Gasteiger partial charge is 0.0567 e. The van der Waals surface area contributed by atoms with Gasteiger partial charge in [-0.05, 0) is 6.92 Å². The molecule has 0 aliphatic carbocycles. The van der Waals surface area contributed by atoms with E-state index in [0.717, 1.165) is 0 Å². The van der Waals surface area contributed by atoms with E-state index < -0.39 is 0 Å². The Morgan fingerprint density at radius 1 is 2.25 bits per heavy atom. The van der Waals surface area contributed by atoms with Crippen LogP contribution in [0.5, 0.6) is 0 Å². The highest BCUT2D eigenvalue weighted by Crippen LogP contribution is 1.38. The number of hydrogen-bond acceptors (Lipinski definition) is 0. The van der Waals surface area contributed by atoms with Crippen molar-refractivity contribution in [3.05, 3.63) is 12.6 Å². The Hall–Kier alpha value is -0.260. The quantitative estimate of drug-likeness (QED) is 0.373. The van der Waals surface area contributed by atoms with Crippen molar-refractivity contribution in [1.82, 2.24) is 0 Å². The van der Waals surface area contributed by atoms with Gasteiger partial charge in [0.1, 0.15) is 0 Å². The first-order chi connectivity index (χ1) is 1.73. The molecule has 26 valence electrons. The SMILES string of the molecule is C.[2H]C(=C)C. The number of hydrogen-bond donors (Lipinski definition) is 0. The van der Waals surface area contributed by atoms with Gasteiger partial charge in [-0.3, -0.25) is 0 Å². The predicted molar refractivity (Wildman–Crippen MR) is 22.6 cm³/mol. The van der Waals surface area contributed by atoms with Crippen molar-refractivity contribution in [2.75, 3.05) is 0 Å². The standard InChI is InChI=1S/C3H6.CH4/c1-3-2;/h3H,1H2,2H3;1H4/i3D;. The third kappa shape index (κ3) is 14.1. The van der Waals surface area contributed by atoms with Gasteiger partial charge in [-0.25, -0.2) is 0 Å². The van der Waals surface area contributed by atoms with Crippen LogP contribution in [0.2, 0.25) is 0 Å². The van der Waals surface area contributed by atoms with Crippen molar-refractivity contribution in [3.63, 3.8) is 0 Å². The molecule has 0 aliphatic heterocycles. The van der Waals surface area contributed by atoms with Crippen molar-refractivity contribution in [2.24, 2.45) is 0 Å². The Morgan fingerprint density at radius 3 is 2.25 bits per heavy atom. The summed E-state index contributed by atoms with van der Waals surface area (Å²) in [4.78, 5) is 0. The molecular formula is C4H10. The van der Waals surface area contributed by atoms with Crippen LogP contribution in [0.1, 0.15) is 15.7 Å². The first-order valence-corrected chi connectivity index (χ1v) is 0.854. The predicted octanol–water partition coefficient (Wildman–Crippen LogP) is 1.83. The third-order valence-corrected chi connectivity index (χ3v) is 0. The van der Waals surface area contributed by atoms with Crippen LogP contribution >= 0.6 is 0 Å². The average molecular weight is 59.1 g/mol. The van der Waals surface area contributed by atoms with E-state index in [9.17, 15) is 0 Å². The Kier molecular flexibility index (Phi) is 14.2. The van der Waals surface area contributed by atoms with E-state index in [1.54, 1.807) is 6.92 Å². The molecule has 0 heteroatoms. The van der Waals surface area contributed by atoms with E-state index >= 15 is 0 Å².